The molecule has 0 bridgehead atoms. The number of hydrogen-bond donors (Lipinski definition) is 0. The Labute approximate surface area is 397 Å². The normalized spacial score (nSPS) is 19.5. The van der Waals surface area contributed by atoms with Crippen LogP contribution in [0.4, 0.5) is 5.69 Å². The maximum Gasteiger partial charge on any atom is 0.188 e. The Bertz CT molecular complexity index is 1680. The Morgan fingerprint density at radius 3 is 1.31 bits per heavy atom. The second-order valence-corrected chi connectivity index (χ2v) is 22.7. The van der Waals surface area contributed by atoms with Crippen LogP contribution in [0.1, 0.15) is 245 Å². The van der Waals surface area contributed by atoms with Crippen LogP contribution in [-0.2, 0) is 12.8 Å². The van der Waals surface area contributed by atoms with Gasteiger partial charge in [0.25, 0.3) is 0 Å². The summed E-state index contributed by atoms with van der Waals surface area (Å²) in [5.41, 5.74) is 7.12. The van der Waals surface area contributed by atoms with E-state index in [0.717, 1.165) is 84.6 Å². The number of nitriles is 1. The van der Waals surface area contributed by atoms with E-state index in [1.165, 1.54) is 144 Å². The number of rotatable bonds is 25. The lowest BCUT2D eigenvalue weighted by Gasteiger charge is -2.37. The molecule has 0 N–H and O–H groups in total. The van der Waals surface area contributed by atoms with Crippen molar-refractivity contribution in [3.05, 3.63) is 63.5 Å². The van der Waals surface area contributed by atoms with Crippen molar-refractivity contribution in [2.24, 2.45) is 35.5 Å². The van der Waals surface area contributed by atoms with E-state index in [-0.39, 0.29) is 11.2 Å². The third-order valence-corrected chi connectivity index (χ3v) is 14.4. The van der Waals surface area contributed by atoms with Crippen molar-refractivity contribution >= 4 is 5.69 Å². The first-order valence-corrected chi connectivity index (χ1v) is 26.7. The fourth-order valence-electron chi connectivity index (χ4n) is 10.1. The molecule has 2 aromatic carbocycles. The van der Waals surface area contributed by atoms with Crippen LogP contribution < -0.4 is 9.47 Å². The molecule has 64 heavy (non-hydrogen) atoms. The van der Waals surface area contributed by atoms with Crippen molar-refractivity contribution in [2.75, 3.05) is 0 Å². The Hall–Kier alpha value is -2.98. The van der Waals surface area contributed by atoms with Gasteiger partial charge in [-0.2, -0.15) is 5.26 Å². The lowest BCUT2D eigenvalue weighted by Crippen LogP contribution is -2.36. The number of unbranched alkanes of at least 4 members (excludes halogenated alkanes) is 1. The third kappa shape index (κ3) is 23.0. The maximum atomic E-state index is 7.82. The van der Waals surface area contributed by atoms with Gasteiger partial charge < -0.3 is 9.47 Å². The van der Waals surface area contributed by atoms with Crippen molar-refractivity contribution in [3.63, 3.8) is 0 Å². The molecule has 0 aromatic heterocycles. The zero-order valence-electron chi connectivity index (χ0n) is 44.5. The summed E-state index contributed by atoms with van der Waals surface area (Å²) >= 11 is 0. The molecule has 0 radical (unpaired) electrons. The molecule has 2 heterocycles. The van der Waals surface area contributed by atoms with E-state index in [1.807, 2.05) is 25.1 Å². The van der Waals surface area contributed by atoms with Crippen LogP contribution in [-0.4, -0.2) is 11.2 Å². The van der Waals surface area contributed by atoms with Gasteiger partial charge in [-0.15, -0.1) is 0 Å². The summed E-state index contributed by atoms with van der Waals surface area (Å²) in [5.74, 6) is 7.37. The van der Waals surface area contributed by atoms with Gasteiger partial charge in [-0.1, -0.05) is 170 Å². The summed E-state index contributed by atoms with van der Waals surface area (Å²) < 4.78 is 13.0. The molecule has 4 rings (SSSR count). The zero-order chi connectivity index (χ0) is 47.7. The highest BCUT2D eigenvalue weighted by Crippen LogP contribution is 2.41. The van der Waals surface area contributed by atoms with Gasteiger partial charge in [-0.3, -0.25) is 0 Å². The highest BCUT2D eigenvalue weighted by molar-refractivity contribution is 5.57. The number of fused-ring (bicyclic) bond motifs is 2. The van der Waals surface area contributed by atoms with E-state index in [0.29, 0.717) is 6.42 Å². The molecule has 0 fully saturated rings. The molecule has 2 aliphatic rings. The summed E-state index contributed by atoms with van der Waals surface area (Å²) in [6.45, 7) is 39.4. The van der Waals surface area contributed by atoms with Crippen LogP contribution in [0.2, 0.25) is 0 Å². The summed E-state index contributed by atoms with van der Waals surface area (Å²) in [4.78, 5) is 3.60. The van der Waals surface area contributed by atoms with Crippen LogP contribution in [0.3, 0.4) is 0 Å². The number of benzene rings is 2. The van der Waals surface area contributed by atoms with Crippen molar-refractivity contribution in [3.8, 4) is 17.6 Å². The second-order valence-electron chi connectivity index (χ2n) is 22.7. The number of aryl methyl sites for hydroxylation is 5. The average molecular weight is 881 g/mol. The van der Waals surface area contributed by atoms with Crippen molar-refractivity contribution < 1.29 is 9.47 Å². The molecular weight excluding hydrogens is 781 g/mol. The minimum absolute atomic E-state index is 0.0255. The lowest BCUT2D eigenvalue weighted by molar-refractivity contribution is 0.0513. The SMILES string of the molecule is CCCC#N.Cc1cc(C)c2c(c1)CC[C@@](C)(CCC[C@H](C)CCC[C@H](C)CCCC(C)C)O2.[C-]#[N+]c1cc(C)c2c(c1)CC[C@@](C)(CCC[C@H](C)CCC[C@H](C)CCCC(C)C)O2. The average Bonchev–Trinajstić information content (AvgIpc) is 3.22. The van der Waals surface area contributed by atoms with E-state index in [4.69, 9.17) is 21.3 Å². The summed E-state index contributed by atoms with van der Waals surface area (Å²) in [6, 6.07) is 10.6. The van der Waals surface area contributed by atoms with Crippen LogP contribution in [0.15, 0.2) is 24.3 Å². The molecule has 6 atom stereocenters. The molecule has 0 unspecified atom stereocenters. The predicted molar refractivity (Wildman–Crippen MR) is 278 cm³/mol. The molecule has 4 nitrogen and oxygen atoms in total. The fraction of sp³-hybridized carbons (Fsp3) is 0.767. The Balaban J connectivity index is 0.000000398. The number of nitrogens with zero attached hydrogens (tertiary/aromatic N) is 2. The molecule has 2 aromatic rings. The number of hydrogen-bond acceptors (Lipinski definition) is 3. The Morgan fingerprint density at radius 1 is 0.578 bits per heavy atom. The van der Waals surface area contributed by atoms with E-state index >= 15 is 0 Å². The first kappa shape index (κ1) is 57.1. The summed E-state index contributed by atoms with van der Waals surface area (Å²) in [5, 5.41) is 7.82. The first-order chi connectivity index (χ1) is 30.3. The van der Waals surface area contributed by atoms with Gasteiger partial charge in [0.1, 0.15) is 22.7 Å². The third-order valence-electron chi connectivity index (χ3n) is 14.4. The molecule has 0 spiro atoms. The Morgan fingerprint density at radius 2 is 0.953 bits per heavy atom. The van der Waals surface area contributed by atoms with Crippen molar-refractivity contribution in [2.45, 2.75) is 262 Å². The van der Waals surface area contributed by atoms with Gasteiger partial charge in [0.05, 0.1) is 12.6 Å². The molecule has 0 amide bonds. The van der Waals surface area contributed by atoms with Crippen LogP contribution >= 0.6 is 0 Å². The molecule has 2 aliphatic heterocycles. The van der Waals surface area contributed by atoms with Gasteiger partial charge in [0.2, 0.25) is 0 Å². The fourth-order valence-corrected chi connectivity index (χ4v) is 10.1. The largest absolute Gasteiger partial charge is 0.487 e. The van der Waals surface area contributed by atoms with E-state index < -0.39 is 0 Å². The summed E-state index contributed by atoms with van der Waals surface area (Å²) in [6.07, 6.45) is 30.4. The zero-order valence-corrected chi connectivity index (χ0v) is 44.5. The van der Waals surface area contributed by atoms with E-state index in [9.17, 15) is 0 Å². The summed E-state index contributed by atoms with van der Waals surface area (Å²) in [7, 11) is 0. The van der Waals surface area contributed by atoms with Gasteiger partial charge in [0.15, 0.2) is 5.69 Å². The van der Waals surface area contributed by atoms with Crippen LogP contribution in [0.5, 0.6) is 11.5 Å². The quantitative estimate of drug-likeness (QED) is 0.0934. The maximum absolute atomic E-state index is 7.82. The number of ether oxygens (including phenoxy) is 2. The van der Waals surface area contributed by atoms with Crippen molar-refractivity contribution in [1.29, 1.82) is 5.26 Å². The van der Waals surface area contributed by atoms with Gasteiger partial charge >= 0.3 is 0 Å². The molecule has 362 valence electrons. The lowest BCUT2D eigenvalue weighted by atomic mass is 9.85. The smallest absolute Gasteiger partial charge is 0.188 e. The standard InChI is InChI=1S/C28H45NO.C28H48O.C4H7N/c1-21(2)11-8-12-22(3)13-9-14-23(4)15-10-17-28(6)18-16-25-20-26(29-7)19-24(5)27(25)30-28;1-21(2)11-8-12-22(3)13-9-14-23(4)15-10-17-28(7)18-16-26-20-24(5)19-25(6)27(26)29-28;1-2-3-4-5/h19-23H,8-18H2,1-6H3;19-23H,8-18H2,1-7H3;2-3H2,1H3/t2*22-,23-,28-;/m11./s1. The van der Waals surface area contributed by atoms with Crippen LogP contribution in [0, 0.1) is 74.2 Å². The monoisotopic (exact) mass is 881 g/mol. The minimum atomic E-state index is -0.0535. The van der Waals surface area contributed by atoms with E-state index in [1.54, 1.807) is 0 Å². The highest BCUT2D eigenvalue weighted by atomic mass is 16.5. The minimum Gasteiger partial charge on any atom is -0.487 e. The van der Waals surface area contributed by atoms with E-state index in [2.05, 4.69) is 107 Å². The van der Waals surface area contributed by atoms with Gasteiger partial charge in [-0.05, 0) is 162 Å². The molecular formula is C60H100N2O2. The topological polar surface area (TPSA) is 46.6 Å². The predicted octanol–water partition coefficient (Wildman–Crippen LogP) is 19.2. The molecule has 0 aliphatic carbocycles. The van der Waals surface area contributed by atoms with Gasteiger partial charge in [0, 0.05) is 6.42 Å². The Kier molecular flexibility index (Phi) is 27.1. The molecule has 4 heteroatoms. The molecule has 0 saturated carbocycles. The van der Waals surface area contributed by atoms with Crippen LogP contribution in [0.25, 0.3) is 4.85 Å². The highest BCUT2D eigenvalue weighted by Gasteiger charge is 2.33. The van der Waals surface area contributed by atoms with Gasteiger partial charge in [-0.25, -0.2) is 4.85 Å². The second kappa shape index (κ2) is 30.3. The van der Waals surface area contributed by atoms with Crippen molar-refractivity contribution in [1.82, 2.24) is 0 Å². The molecule has 0 saturated heterocycles. The first-order valence-electron chi connectivity index (χ1n) is 26.7.